The van der Waals surface area contributed by atoms with Gasteiger partial charge in [-0.05, 0) is 0 Å². The lowest BCUT2D eigenvalue weighted by Gasteiger charge is -2.23. The summed E-state index contributed by atoms with van der Waals surface area (Å²) in [5, 5.41) is 0. The minimum absolute atomic E-state index is 0.292. The van der Waals surface area contributed by atoms with E-state index in [0.717, 1.165) is 30.7 Å². The monoisotopic (exact) mass is 370 g/mol. The summed E-state index contributed by atoms with van der Waals surface area (Å²) in [5.41, 5.74) is -1.43. The van der Waals surface area contributed by atoms with Crippen LogP contribution in [-0.4, -0.2) is 52.4 Å². The molecule has 142 valence electrons. The van der Waals surface area contributed by atoms with Crippen molar-refractivity contribution >= 4 is 17.9 Å². The van der Waals surface area contributed by atoms with Gasteiger partial charge in [-0.2, -0.15) is 0 Å². The molecule has 11 nitrogen and oxygen atoms in total. The number of H-pyrrole nitrogens is 1. The Bertz CT molecular complexity index is 812. The Labute approximate surface area is 146 Å². The van der Waals surface area contributed by atoms with Crippen molar-refractivity contribution in [1.29, 1.82) is 0 Å². The molecule has 1 aliphatic heterocycles. The first kappa shape index (κ1) is 19.4. The lowest BCUT2D eigenvalue weighted by atomic mass is 10.1. The highest BCUT2D eigenvalue weighted by atomic mass is 16.7. The Morgan fingerprint density at radius 2 is 1.69 bits per heavy atom. The van der Waals surface area contributed by atoms with E-state index >= 15 is 0 Å². The maximum Gasteiger partial charge on any atom is 0.330 e. The second-order valence-electron chi connectivity index (χ2n) is 5.53. The van der Waals surface area contributed by atoms with Crippen molar-refractivity contribution in [2.45, 2.75) is 45.3 Å². The van der Waals surface area contributed by atoms with E-state index in [-0.39, 0.29) is 6.61 Å². The van der Waals surface area contributed by atoms with E-state index in [4.69, 9.17) is 18.9 Å². The van der Waals surface area contributed by atoms with Gasteiger partial charge in [-0.1, -0.05) is 0 Å². The topological polar surface area (TPSA) is 143 Å². The third kappa shape index (κ3) is 4.57. The van der Waals surface area contributed by atoms with Crippen molar-refractivity contribution < 1.29 is 33.3 Å². The quantitative estimate of drug-likeness (QED) is 0.502. The van der Waals surface area contributed by atoms with Gasteiger partial charge in [-0.15, -0.1) is 0 Å². The predicted octanol–water partition coefficient (Wildman–Crippen LogP) is -1.14. The Balaban J connectivity index is 2.41. The molecule has 1 aliphatic rings. The van der Waals surface area contributed by atoms with Crippen LogP contribution >= 0.6 is 0 Å². The summed E-state index contributed by atoms with van der Waals surface area (Å²) >= 11 is 0. The summed E-state index contributed by atoms with van der Waals surface area (Å²) < 4.78 is 21.9. The molecule has 0 amide bonds. The molecule has 1 aromatic rings. The number of hydrogen-bond donors (Lipinski definition) is 1. The molecule has 0 spiro atoms. The van der Waals surface area contributed by atoms with Gasteiger partial charge in [0.2, 0.25) is 0 Å². The van der Waals surface area contributed by atoms with E-state index in [1.165, 1.54) is 6.92 Å². The lowest BCUT2D eigenvalue weighted by Crippen LogP contribution is -2.42. The van der Waals surface area contributed by atoms with E-state index in [1.807, 2.05) is 4.98 Å². The van der Waals surface area contributed by atoms with Gasteiger partial charge in [-0.3, -0.25) is 28.7 Å². The first-order chi connectivity index (χ1) is 12.2. The number of carbonyl (C=O) groups is 3. The summed E-state index contributed by atoms with van der Waals surface area (Å²) in [4.78, 5) is 59.3. The van der Waals surface area contributed by atoms with Crippen LogP contribution in [-0.2, 0) is 33.3 Å². The number of aromatic amines is 1. The van der Waals surface area contributed by atoms with E-state index in [9.17, 15) is 24.0 Å². The van der Waals surface area contributed by atoms with Gasteiger partial charge in [0.1, 0.15) is 12.7 Å². The van der Waals surface area contributed by atoms with Crippen LogP contribution in [0.5, 0.6) is 0 Å². The number of hydrogen-bond acceptors (Lipinski definition) is 9. The highest BCUT2D eigenvalue weighted by Crippen LogP contribution is 2.33. The number of nitrogens with zero attached hydrogens (tertiary/aromatic N) is 1. The molecule has 2 unspecified atom stereocenters. The number of aromatic nitrogens is 2. The molecule has 26 heavy (non-hydrogen) atoms. The van der Waals surface area contributed by atoms with Crippen molar-refractivity contribution in [3.05, 3.63) is 33.1 Å². The van der Waals surface area contributed by atoms with Gasteiger partial charge >= 0.3 is 23.6 Å². The number of carbonyl (C=O) groups excluding carboxylic acids is 3. The molecule has 2 rings (SSSR count). The smallest absolute Gasteiger partial charge is 0.330 e. The average Bonchev–Trinajstić information content (AvgIpc) is 2.82. The van der Waals surface area contributed by atoms with Gasteiger partial charge in [0.25, 0.3) is 5.56 Å². The fraction of sp³-hybridized carbons (Fsp3) is 0.533. The average molecular weight is 370 g/mol. The number of rotatable bonds is 5. The third-order valence-electron chi connectivity index (χ3n) is 3.47. The van der Waals surface area contributed by atoms with Gasteiger partial charge < -0.3 is 18.9 Å². The summed E-state index contributed by atoms with van der Waals surface area (Å²) in [5.74, 6) is -1.98. The van der Waals surface area contributed by atoms with Crippen LogP contribution in [0.1, 0.15) is 27.0 Å². The van der Waals surface area contributed by atoms with E-state index in [0.29, 0.717) is 0 Å². The molecular weight excluding hydrogens is 352 g/mol. The fourth-order valence-corrected chi connectivity index (χ4v) is 2.54. The van der Waals surface area contributed by atoms with E-state index in [1.54, 1.807) is 0 Å². The van der Waals surface area contributed by atoms with Crippen LogP contribution in [0.15, 0.2) is 21.9 Å². The van der Waals surface area contributed by atoms with Crippen molar-refractivity contribution in [3.8, 4) is 0 Å². The summed E-state index contributed by atoms with van der Waals surface area (Å²) in [6.45, 7) is 3.17. The van der Waals surface area contributed by atoms with Crippen molar-refractivity contribution in [3.63, 3.8) is 0 Å². The Kier molecular flexibility index (Phi) is 5.93. The zero-order valence-electron chi connectivity index (χ0n) is 14.3. The zero-order chi connectivity index (χ0) is 19.4. The van der Waals surface area contributed by atoms with Crippen LogP contribution in [0.25, 0.3) is 0 Å². The molecule has 2 heterocycles. The van der Waals surface area contributed by atoms with Crippen molar-refractivity contribution in [2.24, 2.45) is 0 Å². The molecule has 1 saturated heterocycles. The molecule has 1 fully saturated rings. The minimum Gasteiger partial charge on any atom is -0.463 e. The zero-order valence-corrected chi connectivity index (χ0v) is 14.3. The fourth-order valence-electron chi connectivity index (χ4n) is 2.54. The molecule has 0 radical (unpaired) electrons. The van der Waals surface area contributed by atoms with E-state index < -0.39 is 53.7 Å². The largest absolute Gasteiger partial charge is 0.463 e. The maximum absolute atomic E-state index is 12.1. The Morgan fingerprint density at radius 3 is 2.23 bits per heavy atom. The second kappa shape index (κ2) is 7.95. The van der Waals surface area contributed by atoms with Crippen LogP contribution < -0.4 is 11.2 Å². The van der Waals surface area contributed by atoms with Gasteiger partial charge in [0, 0.05) is 33.0 Å². The molecule has 0 aliphatic carbocycles. The van der Waals surface area contributed by atoms with Crippen LogP contribution in [0, 0.1) is 0 Å². The number of ether oxygens (including phenoxy) is 4. The molecule has 4 atom stereocenters. The molecule has 0 bridgehead atoms. The second-order valence-corrected chi connectivity index (χ2v) is 5.53. The molecule has 1 aromatic heterocycles. The Morgan fingerprint density at radius 1 is 1.08 bits per heavy atom. The summed E-state index contributed by atoms with van der Waals surface area (Å²) in [6.07, 6.45) is -3.36. The number of esters is 3. The van der Waals surface area contributed by atoms with Gasteiger partial charge in [0.15, 0.2) is 18.4 Å². The van der Waals surface area contributed by atoms with Crippen molar-refractivity contribution in [1.82, 2.24) is 9.55 Å². The third-order valence-corrected chi connectivity index (χ3v) is 3.47. The summed E-state index contributed by atoms with van der Waals surface area (Å²) in [6, 6.07) is 1.08. The standard InChI is InChI=1S/C15H18N2O9/c1-7(18)23-6-10-12(24-8(2)19)13(25-9(3)20)14(26-10)17-5-4-11(21)16-15(17)22/h4-5,10,12-14H,6H2,1-3H3,(H,16,21,22)/t10?,12-,13?,14-/m1/s1. The van der Waals surface area contributed by atoms with Gasteiger partial charge in [0.05, 0.1) is 0 Å². The maximum atomic E-state index is 12.1. The summed E-state index contributed by atoms with van der Waals surface area (Å²) in [7, 11) is 0. The van der Waals surface area contributed by atoms with Crippen LogP contribution in [0.4, 0.5) is 0 Å². The van der Waals surface area contributed by atoms with E-state index in [2.05, 4.69) is 0 Å². The highest BCUT2D eigenvalue weighted by Gasteiger charge is 2.50. The molecule has 11 heteroatoms. The molecule has 0 aromatic carbocycles. The Hall–Kier alpha value is -2.95. The van der Waals surface area contributed by atoms with Crippen LogP contribution in [0.2, 0.25) is 0 Å². The molecule has 0 saturated carbocycles. The highest BCUT2D eigenvalue weighted by molar-refractivity contribution is 5.67. The van der Waals surface area contributed by atoms with Crippen LogP contribution in [0.3, 0.4) is 0 Å². The molecule has 1 N–H and O–H groups in total. The minimum atomic E-state index is -1.20. The lowest BCUT2D eigenvalue weighted by molar-refractivity contribution is -0.166. The SMILES string of the molecule is CC(=O)OCC1O[C@@H](n2ccc(=O)[nH]c2=O)C(OC(C)=O)[C@@H]1OC(C)=O. The normalized spacial score (nSPS) is 24.7. The first-order valence-corrected chi connectivity index (χ1v) is 7.63. The number of nitrogens with one attached hydrogen (secondary N) is 1. The van der Waals surface area contributed by atoms with Gasteiger partial charge in [-0.25, -0.2) is 4.79 Å². The van der Waals surface area contributed by atoms with Crippen molar-refractivity contribution in [2.75, 3.05) is 6.61 Å². The molecular formula is C15H18N2O9. The first-order valence-electron chi connectivity index (χ1n) is 7.63. The predicted molar refractivity (Wildman–Crippen MR) is 83.0 cm³/mol.